The smallest absolute Gasteiger partial charge is 0.497 e. The monoisotopic (exact) mass is 698 g/mol. The summed E-state index contributed by atoms with van der Waals surface area (Å²) in [4.78, 5) is 29.2. The van der Waals surface area contributed by atoms with Gasteiger partial charge >= 0.3 is 13.9 Å². The van der Waals surface area contributed by atoms with Crippen LogP contribution in [0.25, 0.3) is 0 Å². The Morgan fingerprint density at radius 2 is 1.51 bits per heavy atom. The van der Waals surface area contributed by atoms with Crippen LogP contribution in [-0.2, 0) is 24.2 Å². The molecule has 49 heavy (non-hydrogen) atoms. The van der Waals surface area contributed by atoms with Gasteiger partial charge in [0.1, 0.15) is 35.5 Å². The fraction of sp³-hybridized carbons (Fsp3) is 0.222. The van der Waals surface area contributed by atoms with E-state index in [0.29, 0.717) is 17.3 Å². The van der Waals surface area contributed by atoms with Gasteiger partial charge in [0, 0.05) is 22.1 Å². The van der Waals surface area contributed by atoms with E-state index in [1.165, 1.54) is 16.3 Å². The third-order valence-electron chi connectivity index (χ3n) is 8.63. The summed E-state index contributed by atoms with van der Waals surface area (Å²) in [5.74, 6) is 1.83. The van der Waals surface area contributed by atoms with Crippen LogP contribution in [0.15, 0.2) is 124 Å². The van der Waals surface area contributed by atoms with Crippen molar-refractivity contribution in [1.82, 2.24) is 9.55 Å². The number of methoxy groups -OCH3 is 2. The fourth-order valence-corrected chi connectivity index (χ4v) is 7.68. The van der Waals surface area contributed by atoms with Crippen LogP contribution >= 0.6 is 20.0 Å². The highest BCUT2D eigenvalue weighted by Gasteiger charge is 2.46. The molecule has 1 fully saturated rings. The summed E-state index contributed by atoms with van der Waals surface area (Å²) >= 11 is 1.49. The van der Waals surface area contributed by atoms with E-state index < -0.39 is 38.0 Å². The van der Waals surface area contributed by atoms with E-state index in [0.717, 1.165) is 32.2 Å². The Morgan fingerprint density at radius 1 is 0.898 bits per heavy atom. The minimum absolute atomic E-state index is 0.0614. The van der Waals surface area contributed by atoms with Gasteiger partial charge in [0.2, 0.25) is 0 Å². The second-order valence-corrected chi connectivity index (χ2v) is 13.2. The van der Waals surface area contributed by atoms with Crippen molar-refractivity contribution in [3.05, 3.63) is 136 Å². The maximum absolute atomic E-state index is 13.3. The highest BCUT2D eigenvalue weighted by molar-refractivity contribution is 7.99. The first-order valence-electron chi connectivity index (χ1n) is 15.5. The van der Waals surface area contributed by atoms with Crippen LogP contribution in [0.5, 0.6) is 11.5 Å². The normalized spacial score (nSPS) is 18.6. The molecule has 4 atom stereocenters. The Morgan fingerprint density at radius 3 is 2.14 bits per heavy atom. The lowest BCUT2D eigenvalue weighted by atomic mass is 9.80. The summed E-state index contributed by atoms with van der Waals surface area (Å²) in [6, 6.07) is 32.7. The summed E-state index contributed by atoms with van der Waals surface area (Å²) < 4.78 is 43.2. The van der Waals surface area contributed by atoms with Gasteiger partial charge in [-0.05, 0) is 53.1 Å². The zero-order valence-corrected chi connectivity index (χ0v) is 28.3. The number of ether oxygens (including phenoxy) is 4. The predicted molar refractivity (Wildman–Crippen MR) is 184 cm³/mol. The molecule has 0 spiro atoms. The molecule has 0 saturated carbocycles. The molecule has 1 saturated heterocycles. The molecule has 0 amide bonds. The molecule has 2 aliphatic heterocycles. The lowest BCUT2D eigenvalue weighted by Gasteiger charge is -2.37. The second kappa shape index (κ2) is 14.1. The molecule has 3 heterocycles. The minimum atomic E-state index is -2.98. The van der Waals surface area contributed by atoms with Gasteiger partial charge in [-0.3, -0.25) is 4.57 Å². The number of rotatable bonds is 11. The molecule has 1 unspecified atom stereocenters. The Kier molecular flexibility index (Phi) is 9.50. The number of hydrogen-bond acceptors (Lipinski definition) is 10. The molecular weight excluding hydrogens is 665 g/mol. The number of hydrogen-bond donors (Lipinski definition) is 2. The van der Waals surface area contributed by atoms with Crippen LogP contribution in [0.2, 0.25) is 0 Å². The Balaban J connectivity index is 1.24. The summed E-state index contributed by atoms with van der Waals surface area (Å²) in [6.45, 7) is -0.0614. The second-order valence-electron chi connectivity index (χ2n) is 11.4. The van der Waals surface area contributed by atoms with Crippen LogP contribution in [-0.4, -0.2) is 47.5 Å². The molecule has 5 aromatic rings. The quantitative estimate of drug-likeness (QED) is 0.109. The van der Waals surface area contributed by atoms with E-state index in [4.69, 9.17) is 23.5 Å². The fourth-order valence-electron chi connectivity index (χ4n) is 6.26. The molecule has 0 bridgehead atoms. The molecule has 2 aliphatic rings. The Hall–Kier alpha value is -4.55. The number of anilines is 2. The molecule has 0 radical (unpaired) electrons. The van der Waals surface area contributed by atoms with Gasteiger partial charge in [0.05, 0.1) is 31.4 Å². The molecule has 0 aliphatic carbocycles. The zero-order valence-electron chi connectivity index (χ0n) is 26.6. The van der Waals surface area contributed by atoms with Crippen molar-refractivity contribution in [3.63, 3.8) is 0 Å². The number of nitrogens with zero attached hydrogens (tertiary/aromatic N) is 2. The van der Waals surface area contributed by atoms with Crippen molar-refractivity contribution in [1.29, 1.82) is 0 Å². The summed E-state index contributed by atoms with van der Waals surface area (Å²) in [5, 5.41) is 3.22. The SMILES string of the molecule is COc1ccc(C(OC[C@H]2O[C@@H](n3cc4c(nc3=O)Nc3ccccc3S4)C[C@@H]2O[P+](=O)O)(c2ccccc2)c2ccc(OC)cc2)cc1. The first-order valence-corrected chi connectivity index (χ1v) is 17.5. The van der Waals surface area contributed by atoms with Crippen LogP contribution in [0.1, 0.15) is 29.3 Å². The first-order chi connectivity index (χ1) is 23.9. The molecule has 2 N–H and O–H groups in total. The van der Waals surface area contributed by atoms with Gasteiger partial charge in [-0.25, -0.2) is 4.79 Å². The van der Waals surface area contributed by atoms with Crippen molar-refractivity contribution in [2.75, 3.05) is 26.1 Å². The zero-order chi connectivity index (χ0) is 34.0. The van der Waals surface area contributed by atoms with E-state index in [2.05, 4.69) is 10.3 Å². The van der Waals surface area contributed by atoms with Crippen molar-refractivity contribution in [3.8, 4) is 11.5 Å². The van der Waals surface area contributed by atoms with Crippen molar-refractivity contribution < 1.29 is 32.9 Å². The molecule has 7 rings (SSSR count). The maximum Gasteiger partial charge on any atom is 0.695 e. The Labute approximate surface area is 287 Å². The van der Waals surface area contributed by atoms with Crippen LogP contribution < -0.4 is 20.5 Å². The largest absolute Gasteiger partial charge is 0.695 e. The van der Waals surface area contributed by atoms with Gasteiger partial charge < -0.3 is 24.3 Å². The predicted octanol–water partition coefficient (Wildman–Crippen LogP) is 6.80. The number of para-hydroxylation sites is 1. The number of fused-ring (bicyclic) bond motifs is 2. The molecule has 13 heteroatoms. The topological polar surface area (TPSA) is 130 Å². The summed E-state index contributed by atoms with van der Waals surface area (Å²) in [6.07, 6.45) is -0.706. The molecule has 4 aromatic carbocycles. The number of nitrogens with one attached hydrogen (secondary N) is 1. The Bertz CT molecular complexity index is 1960. The maximum atomic E-state index is 13.3. The van der Waals surface area contributed by atoms with Gasteiger partial charge in [-0.2, -0.15) is 4.98 Å². The third kappa shape index (κ3) is 6.59. The van der Waals surface area contributed by atoms with Gasteiger partial charge in [-0.15, -0.1) is 9.42 Å². The number of benzene rings is 4. The van der Waals surface area contributed by atoms with Crippen LogP contribution in [0, 0.1) is 0 Å². The van der Waals surface area contributed by atoms with Crippen molar-refractivity contribution in [2.45, 2.75) is 40.2 Å². The van der Waals surface area contributed by atoms with Crippen molar-refractivity contribution in [2.24, 2.45) is 0 Å². The summed E-state index contributed by atoms with van der Waals surface area (Å²) in [5.41, 5.74) is 1.64. The van der Waals surface area contributed by atoms with Crippen LogP contribution in [0.4, 0.5) is 11.5 Å². The third-order valence-corrected chi connectivity index (χ3v) is 10.2. The lowest BCUT2D eigenvalue weighted by Crippen LogP contribution is -2.38. The molecule has 11 nitrogen and oxygen atoms in total. The van der Waals surface area contributed by atoms with E-state index in [1.807, 2.05) is 103 Å². The van der Waals surface area contributed by atoms with E-state index in [-0.39, 0.29) is 13.0 Å². The average molecular weight is 699 g/mol. The van der Waals surface area contributed by atoms with Crippen molar-refractivity contribution >= 4 is 31.5 Å². The van der Waals surface area contributed by atoms with Crippen LogP contribution in [0.3, 0.4) is 0 Å². The van der Waals surface area contributed by atoms with Gasteiger partial charge in [-0.1, -0.05) is 78.5 Å². The lowest BCUT2D eigenvalue weighted by molar-refractivity contribution is -0.0918. The highest BCUT2D eigenvalue weighted by Crippen LogP contribution is 2.45. The average Bonchev–Trinajstić information content (AvgIpc) is 3.53. The van der Waals surface area contributed by atoms with Gasteiger partial charge in [0.15, 0.2) is 5.82 Å². The minimum Gasteiger partial charge on any atom is -0.497 e. The molecule has 1 aromatic heterocycles. The van der Waals surface area contributed by atoms with E-state index in [9.17, 15) is 14.3 Å². The molecular formula is C36H33N3O8PS+. The van der Waals surface area contributed by atoms with E-state index >= 15 is 0 Å². The number of aromatic nitrogens is 2. The molecule has 250 valence electrons. The first kappa shape index (κ1) is 33.0. The highest BCUT2D eigenvalue weighted by atomic mass is 32.2. The van der Waals surface area contributed by atoms with E-state index in [1.54, 1.807) is 20.4 Å². The summed E-state index contributed by atoms with van der Waals surface area (Å²) in [7, 11) is 0.233. The standard InChI is InChI=1S/C36H32N3O8PS/c1-43-26-16-12-24(13-17-26)36(23-8-4-3-5-9-23,25-14-18-27(44-2)19-15-25)45-22-30-29(47-48(41)42)20-33(46-30)39-21-32-34(38-35(39)40)37-28-10-6-7-11-31(28)49-32/h3-19,21,29-30,33H,20,22H2,1-2H3,(H-,37,38,40,41,42)/p+1/t29-,30+,33+/m0/s1. The van der Waals surface area contributed by atoms with Gasteiger partial charge in [0.25, 0.3) is 0 Å².